The zero-order valence-corrected chi connectivity index (χ0v) is 13.1. The second-order valence-corrected chi connectivity index (χ2v) is 8.78. The standard InChI is InChI=1S/C14H18BrNO2S/c15-12-8-10(14(9-16)6-1-7-14)2-5-13(12)19(17,18)11-3-4-11/h2,5,8,11H,1,3-4,6-7,9,16H2. The lowest BCUT2D eigenvalue weighted by atomic mass is 9.64. The number of hydrogen-bond donors (Lipinski definition) is 1. The van der Waals surface area contributed by atoms with Gasteiger partial charge in [-0.1, -0.05) is 12.5 Å². The van der Waals surface area contributed by atoms with Gasteiger partial charge in [0, 0.05) is 16.4 Å². The van der Waals surface area contributed by atoms with E-state index in [0.29, 0.717) is 15.9 Å². The van der Waals surface area contributed by atoms with Crippen LogP contribution in [0.4, 0.5) is 0 Å². The van der Waals surface area contributed by atoms with Crippen molar-refractivity contribution in [3.05, 3.63) is 28.2 Å². The van der Waals surface area contributed by atoms with Gasteiger partial charge in [-0.3, -0.25) is 0 Å². The van der Waals surface area contributed by atoms with Crippen molar-refractivity contribution in [2.24, 2.45) is 5.73 Å². The van der Waals surface area contributed by atoms with Crippen LogP contribution in [0.5, 0.6) is 0 Å². The number of hydrogen-bond acceptors (Lipinski definition) is 3. The Morgan fingerprint density at radius 1 is 1.32 bits per heavy atom. The van der Waals surface area contributed by atoms with Gasteiger partial charge >= 0.3 is 0 Å². The summed E-state index contributed by atoms with van der Waals surface area (Å²) in [5.74, 6) is 0. The molecule has 0 aliphatic heterocycles. The fourth-order valence-electron chi connectivity index (χ4n) is 2.83. The number of benzene rings is 1. The molecule has 0 unspecified atom stereocenters. The van der Waals surface area contributed by atoms with E-state index in [-0.39, 0.29) is 10.7 Å². The molecule has 0 saturated heterocycles. The first kappa shape index (κ1) is 13.6. The minimum absolute atomic E-state index is 0.0738. The van der Waals surface area contributed by atoms with Crippen molar-refractivity contribution in [3.63, 3.8) is 0 Å². The lowest BCUT2D eigenvalue weighted by molar-refractivity contribution is 0.253. The molecule has 0 aromatic heterocycles. The summed E-state index contributed by atoms with van der Waals surface area (Å²) in [6.45, 7) is 0.633. The first-order valence-electron chi connectivity index (χ1n) is 6.74. The fourth-order valence-corrected chi connectivity index (χ4v) is 5.59. The summed E-state index contributed by atoms with van der Waals surface area (Å²) in [6.07, 6.45) is 5.00. The molecule has 104 valence electrons. The number of halogens is 1. The molecule has 2 saturated carbocycles. The topological polar surface area (TPSA) is 60.2 Å². The Hall–Kier alpha value is -0.390. The van der Waals surface area contributed by atoms with E-state index in [2.05, 4.69) is 15.9 Å². The molecule has 2 fully saturated rings. The molecule has 2 aliphatic carbocycles. The molecule has 19 heavy (non-hydrogen) atoms. The van der Waals surface area contributed by atoms with E-state index in [1.807, 2.05) is 12.1 Å². The largest absolute Gasteiger partial charge is 0.330 e. The van der Waals surface area contributed by atoms with Crippen molar-refractivity contribution in [2.75, 3.05) is 6.54 Å². The van der Waals surface area contributed by atoms with Crippen LogP contribution in [0, 0.1) is 0 Å². The third kappa shape index (κ3) is 2.16. The first-order valence-corrected chi connectivity index (χ1v) is 9.07. The van der Waals surface area contributed by atoms with Crippen LogP contribution in [0.3, 0.4) is 0 Å². The van der Waals surface area contributed by atoms with Gasteiger partial charge in [0.15, 0.2) is 9.84 Å². The summed E-state index contributed by atoms with van der Waals surface area (Å²) in [7, 11) is -3.13. The maximum Gasteiger partial charge on any atom is 0.182 e. The quantitative estimate of drug-likeness (QED) is 0.914. The van der Waals surface area contributed by atoms with Crippen LogP contribution >= 0.6 is 15.9 Å². The maximum absolute atomic E-state index is 12.3. The molecule has 5 heteroatoms. The summed E-state index contributed by atoms with van der Waals surface area (Å²) < 4.78 is 25.2. The van der Waals surface area contributed by atoms with Gasteiger partial charge in [-0.25, -0.2) is 8.42 Å². The van der Waals surface area contributed by atoms with Gasteiger partial charge < -0.3 is 5.73 Å². The lowest BCUT2D eigenvalue weighted by Crippen LogP contribution is -2.41. The minimum atomic E-state index is -3.13. The molecular formula is C14H18BrNO2S. The highest BCUT2D eigenvalue weighted by Gasteiger charge is 2.40. The fraction of sp³-hybridized carbons (Fsp3) is 0.571. The highest BCUT2D eigenvalue weighted by atomic mass is 79.9. The van der Waals surface area contributed by atoms with E-state index in [1.165, 1.54) is 12.0 Å². The van der Waals surface area contributed by atoms with Gasteiger partial charge in [-0.2, -0.15) is 0 Å². The SMILES string of the molecule is NCC1(c2ccc(S(=O)(=O)C3CC3)c(Br)c2)CCC1. The average molecular weight is 344 g/mol. The van der Waals surface area contributed by atoms with Crippen LogP contribution in [-0.2, 0) is 15.3 Å². The van der Waals surface area contributed by atoms with Crippen molar-refractivity contribution >= 4 is 25.8 Å². The number of nitrogens with two attached hydrogens (primary N) is 1. The molecule has 0 spiro atoms. The Morgan fingerprint density at radius 2 is 2.00 bits per heavy atom. The predicted molar refractivity (Wildman–Crippen MR) is 78.9 cm³/mol. The summed E-state index contributed by atoms with van der Waals surface area (Å²) >= 11 is 3.43. The zero-order valence-electron chi connectivity index (χ0n) is 10.7. The van der Waals surface area contributed by atoms with Crippen molar-refractivity contribution in [1.82, 2.24) is 0 Å². The third-order valence-corrected chi connectivity index (χ3v) is 7.75. The maximum atomic E-state index is 12.3. The summed E-state index contributed by atoms with van der Waals surface area (Å²) in [6, 6.07) is 5.66. The van der Waals surface area contributed by atoms with E-state index in [9.17, 15) is 8.42 Å². The van der Waals surface area contributed by atoms with Crippen LogP contribution in [0.15, 0.2) is 27.6 Å². The van der Waals surface area contributed by atoms with Crippen molar-refractivity contribution in [3.8, 4) is 0 Å². The third-order valence-electron chi connectivity index (χ3n) is 4.52. The van der Waals surface area contributed by atoms with Gasteiger partial charge in [0.05, 0.1) is 10.1 Å². The minimum Gasteiger partial charge on any atom is -0.330 e. The number of rotatable bonds is 4. The molecule has 1 aromatic carbocycles. The van der Waals surface area contributed by atoms with Crippen LogP contribution in [0.2, 0.25) is 0 Å². The average Bonchev–Trinajstić information content (AvgIpc) is 3.12. The van der Waals surface area contributed by atoms with E-state index < -0.39 is 9.84 Å². The molecule has 0 heterocycles. The zero-order chi connectivity index (χ0) is 13.7. The highest BCUT2D eigenvalue weighted by molar-refractivity contribution is 9.10. The predicted octanol–water partition coefficient (Wildman–Crippen LogP) is 2.77. The second kappa shape index (κ2) is 4.57. The molecule has 0 atom stereocenters. The van der Waals surface area contributed by atoms with Gasteiger partial charge in [0.2, 0.25) is 0 Å². The van der Waals surface area contributed by atoms with Crippen molar-refractivity contribution < 1.29 is 8.42 Å². The summed E-state index contributed by atoms with van der Waals surface area (Å²) in [5.41, 5.74) is 7.14. The van der Waals surface area contributed by atoms with Gasteiger partial charge in [0.1, 0.15) is 0 Å². The summed E-state index contributed by atoms with van der Waals surface area (Å²) in [5, 5.41) is -0.165. The Labute approximate surface area is 122 Å². The van der Waals surface area contributed by atoms with Gasteiger partial charge in [-0.05, 0) is 59.3 Å². The second-order valence-electron chi connectivity index (χ2n) is 5.73. The first-order chi connectivity index (χ1) is 8.99. The molecule has 3 nitrogen and oxygen atoms in total. The van der Waals surface area contributed by atoms with Crippen molar-refractivity contribution in [2.45, 2.75) is 47.7 Å². The lowest BCUT2D eigenvalue weighted by Gasteiger charge is -2.41. The molecule has 2 N–H and O–H groups in total. The molecule has 0 radical (unpaired) electrons. The normalized spacial score (nSPS) is 22.0. The van der Waals surface area contributed by atoms with Crippen molar-refractivity contribution in [1.29, 1.82) is 0 Å². The molecular weight excluding hydrogens is 326 g/mol. The van der Waals surface area contributed by atoms with Gasteiger partial charge in [-0.15, -0.1) is 0 Å². The molecule has 2 aliphatic rings. The van der Waals surface area contributed by atoms with Crippen LogP contribution in [0.1, 0.15) is 37.7 Å². The Morgan fingerprint density at radius 3 is 2.42 bits per heavy atom. The van der Waals surface area contributed by atoms with E-state index in [1.54, 1.807) is 6.07 Å². The smallest absolute Gasteiger partial charge is 0.182 e. The Balaban J connectivity index is 1.98. The molecule has 3 rings (SSSR count). The molecule has 0 amide bonds. The Bertz CT molecular complexity index is 598. The molecule has 0 bridgehead atoms. The van der Waals surface area contributed by atoms with E-state index in [4.69, 9.17) is 5.73 Å². The monoisotopic (exact) mass is 343 g/mol. The van der Waals surface area contributed by atoms with E-state index in [0.717, 1.165) is 25.7 Å². The summed E-state index contributed by atoms with van der Waals surface area (Å²) in [4.78, 5) is 0.435. The van der Waals surface area contributed by atoms with E-state index >= 15 is 0 Å². The number of sulfone groups is 1. The Kier molecular flexibility index (Phi) is 3.27. The molecule has 1 aromatic rings. The van der Waals surface area contributed by atoms with Crippen LogP contribution in [0.25, 0.3) is 0 Å². The van der Waals surface area contributed by atoms with Crippen LogP contribution in [-0.4, -0.2) is 20.2 Å². The van der Waals surface area contributed by atoms with Crippen LogP contribution < -0.4 is 5.73 Å². The van der Waals surface area contributed by atoms with Gasteiger partial charge in [0.25, 0.3) is 0 Å². The highest BCUT2D eigenvalue weighted by Crippen LogP contribution is 2.45.